The van der Waals surface area contributed by atoms with Gasteiger partial charge in [0.2, 0.25) is 0 Å². The van der Waals surface area contributed by atoms with Crippen LogP contribution in [0.2, 0.25) is 0 Å². The van der Waals surface area contributed by atoms with Gasteiger partial charge in [0, 0.05) is 46.4 Å². The zero-order valence-corrected chi connectivity index (χ0v) is 15.2. The molecule has 6 heteroatoms. The lowest BCUT2D eigenvalue weighted by Gasteiger charge is -2.26. The van der Waals surface area contributed by atoms with Gasteiger partial charge in [0.05, 0.1) is 19.3 Å². The molecule has 1 aromatic rings. The molecule has 2 fully saturated rings. The summed E-state index contributed by atoms with van der Waals surface area (Å²) in [4.78, 5) is 6.74. The van der Waals surface area contributed by atoms with E-state index in [2.05, 4.69) is 44.8 Å². The van der Waals surface area contributed by atoms with Crippen LogP contribution in [0.4, 0.5) is 0 Å². The molecule has 25 heavy (non-hydrogen) atoms. The van der Waals surface area contributed by atoms with Crippen molar-refractivity contribution in [3.05, 3.63) is 35.4 Å². The van der Waals surface area contributed by atoms with E-state index in [4.69, 9.17) is 9.47 Å². The topological polar surface area (TPSA) is 58.1 Å². The zero-order valence-electron chi connectivity index (χ0n) is 15.2. The van der Waals surface area contributed by atoms with E-state index in [1.54, 1.807) is 7.05 Å². The summed E-state index contributed by atoms with van der Waals surface area (Å²) in [6.45, 7) is 7.17. The molecule has 0 aliphatic carbocycles. The molecule has 0 amide bonds. The first kappa shape index (κ1) is 18.2. The quantitative estimate of drug-likeness (QED) is 0.602. The van der Waals surface area contributed by atoms with Crippen molar-refractivity contribution in [1.29, 1.82) is 0 Å². The van der Waals surface area contributed by atoms with Crippen molar-refractivity contribution in [2.45, 2.75) is 32.0 Å². The highest BCUT2D eigenvalue weighted by molar-refractivity contribution is 5.79. The molecule has 2 saturated heterocycles. The van der Waals surface area contributed by atoms with Crippen molar-refractivity contribution in [3.8, 4) is 0 Å². The molecule has 0 aromatic heterocycles. The number of aliphatic imine (C=N–C) groups is 1. The monoisotopic (exact) mass is 346 g/mol. The van der Waals surface area contributed by atoms with Gasteiger partial charge in [-0.15, -0.1) is 0 Å². The van der Waals surface area contributed by atoms with E-state index in [0.717, 1.165) is 71.3 Å². The fourth-order valence-electron chi connectivity index (χ4n) is 3.28. The van der Waals surface area contributed by atoms with Crippen LogP contribution in [0.5, 0.6) is 0 Å². The summed E-state index contributed by atoms with van der Waals surface area (Å²) < 4.78 is 11.1. The maximum Gasteiger partial charge on any atom is 0.191 e. The molecule has 2 aliphatic heterocycles. The molecular weight excluding hydrogens is 316 g/mol. The zero-order chi connectivity index (χ0) is 17.3. The summed E-state index contributed by atoms with van der Waals surface area (Å²) in [5.41, 5.74) is 2.62. The number of morpholine rings is 1. The van der Waals surface area contributed by atoms with Crippen molar-refractivity contribution in [2.75, 3.05) is 46.5 Å². The highest BCUT2D eigenvalue weighted by Gasteiger charge is 2.15. The van der Waals surface area contributed by atoms with Crippen LogP contribution in [0, 0.1) is 0 Å². The Morgan fingerprint density at radius 1 is 1.20 bits per heavy atom. The molecule has 2 heterocycles. The Kier molecular flexibility index (Phi) is 7.09. The fraction of sp³-hybridized carbons (Fsp3) is 0.632. The summed E-state index contributed by atoms with van der Waals surface area (Å²) in [6.07, 6.45) is 2.61. The van der Waals surface area contributed by atoms with Gasteiger partial charge in [0.1, 0.15) is 0 Å². The van der Waals surface area contributed by atoms with Crippen molar-refractivity contribution in [1.82, 2.24) is 15.5 Å². The van der Waals surface area contributed by atoms with E-state index >= 15 is 0 Å². The smallest absolute Gasteiger partial charge is 0.191 e. The van der Waals surface area contributed by atoms with Gasteiger partial charge in [-0.2, -0.15) is 0 Å². The summed E-state index contributed by atoms with van der Waals surface area (Å²) in [7, 11) is 1.81. The minimum absolute atomic E-state index is 0.315. The lowest BCUT2D eigenvalue weighted by atomic mass is 10.1. The summed E-state index contributed by atoms with van der Waals surface area (Å²) in [5.74, 6) is 0.828. The second kappa shape index (κ2) is 9.75. The molecule has 1 atom stereocenters. The second-order valence-electron chi connectivity index (χ2n) is 6.65. The molecule has 0 saturated carbocycles. The van der Waals surface area contributed by atoms with Crippen LogP contribution < -0.4 is 10.6 Å². The van der Waals surface area contributed by atoms with Gasteiger partial charge < -0.3 is 20.1 Å². The summed E-state index contributed by atoms with van der Waals surface area (Å²) >= 11 is 0. The molecule has 1 aromatic carbocycles. The molecule has 0 spiro atoms. The minimum atomic E-state index is 0.315. The van der Waals surface area contributed by atoms with Crippen molar-refractivity contribution < 1.29 is 9.47 Å². The third-order valence-electron chi connectivity index (χ3n) is 4.71. The van der Waals surface area contributed by atoms with Gasteiger partial charge in [0.15, 0.2) is 5.96 Å². The van der Waals surface area contributed by atoms with Crippen LogP contribution >= 0.6 is 0 Å². The molecule has 2 N–H and O–H groups in total. The molecule has 138 valence electrons. The van der Waals surface area contributed by atoms with E-state index < -0.39 is 0 Å². The van der Waals surface area contributed by atoms with Gasteiger partial charge in [0.25, 0.3) is 0 Å². The molecule has 6 nitrogen and oxygen atoms in total. The van der Waals surface area contributed by atoms with Crippen molar-refractivity contribution in [3.63, 3.8) is 0 Å². The Bertz CT molecular complexity index is 552. The number of nitrogens with zero attached hydrogens (tertiary/aromatic N) is 2. The number of nitrogens with one attached hydrogen (secondary N) is 2. The lowest BCUT2D eigenvalue weighted by molar-refractivity contribution is 0.0342. The van der Waals surface area contributed by atoms with Crippen LogP contribution in [0.1, 0.15) is 24.0 Å². The number of benzene rings is 1. The average Bonchev–Trinajstić information content (AvgIpc) is 3.17. The van der Waals surface area contributed by atoms with Crippen molar-refractivity contribution >= 4 is 5.96 Å². The van der Waals surface area contributed by atoms with Crippen molar-refractivity contribution in [2.24, 2.45) is 4.99 Å². The summed E-state index contributed by atoms with van der Waals surface area (Å²) in [5, 5.41) is 6.74. The Morgan fingerprint density at radius 3 is 2.80 bits per heavy atom. The maximum atomic E-state index is 5.64. The predicted molar refractivity (Wildman–Crippen MR) is 99.7 cm³/mol. The predicted octanol–water partition coefficient (Wildman–Crippen LogP) is 1.36. The number of guanidine groups is 1. The average molecular weight is 346 g/mol. The lowest BCUT2D eigenvalue weighted by Crippen LogP contribution is -2.40. The van der Waals surface area contributed by atoms with Gasteiger partial charge in [-0.25, -0.2) is 0 Å². The highest BCUT2D eigenvalue weighted by atomic mass is 16.5. The van der Waals surface area contributed by atoms with Gasteiger partial charge in [-0.1, -0.05) is 24.3 Å². The van der Waals surface area contributed by atoms with Crippen LogP contribution in [0.3, 0.4) is 0 Å². The Labute approximate surface area is 150 Å². The molecule has 0 radical (unpaired) electrons. The van der Waals surface area contributed by atoms with Gasteiger partial charge in [-0.3, -0.25) is 9.89 Å². The number of hydrogen-bond acceptors (Lipinski definition) is 4. The number of hydrogen-bond donors (Lipinski definition) is 2. The first-order valence-corrected chi connectivity index (χ1v) is 9.27. The van der Waals surface area contributed by atoms with Crippen LogP contribution in [0.15, 0.2) is 29.3 Å². The van der Waals surface area contributed by atoms with Crippen LogP contribution in [0.25, 0.3) is 0 Å². The number of ether oxygens (including phenoxy) is 2. The van der Waals surface area contributed by atoms with Crippen LogP contribution in [-0.2, 0) is 22.6 Å². The molecule has 2 aliphatic rings. The number of rotatable bonds is 6. The van der Waals surface area contributed by atoms with E-state index in [0.29, 0.717) is 6.10 Å². The third kappa shape index (κ3) is 5.99. The highest BCUT2D eigenvalue weighted by Crippen LogP contribution is 2.11. The Hall–Kier alpha value is -1.63. The first-order valence-electron chi connectivity index (χ1n) is 9.27. The normalized spacial score (nSPS) is 22.1. The first-order chi connectivity index (χ1) is 12.3. The summed E-state index contributed by atoms with van der Waals surface area (Å²) in [6, 6.07) is 8.76. The van der Waals surface area contributed by atoms with E-state index in [9.17, 15) is 0 Å². The molecule has 3 rings (SSSR count). The molecule has 0 bridgehead atoms. The van der Waals surface area contributed by atoms with Crippen LogP contribution in [-0.4, -0.2) is 63.5 Å². The van der Waals surface area contributed by atoms with E-state index in [-0.39, 0.29) is 0 Å². The Balaban J connectivity index is 1.45. The standard InChI is InChI=1S/C19H30N4O2/c1-20-19(22-14-18-6-3-9-25-18)21-13-16-4-2-5-17(12-16)15-23-7-10-24-11-8-23/h2,4-5,12,18H,3,6-11,13-15H2,1H3,(H2,20,21,22). The maximum absolute atomic E-state index is 5.64. The molecular formula is C19H30N4O2. The van der Waals surface area contributed by atoms with E-state index in [1.807, 2.05) is 0 Å². The second-order valence-corrected chi connectivity index (χ2v) is 6.65. The largest absolute Gasteiger partial charge is 0.379 e. The minimum Gasteiger partial charge on any atom is -0.379 e. The van der Waals surface area contributed by atoms with Gasteiger partial charge in [-0.05, 0) is 24.0 Å². The Morgan fingerprint density at radius 2 is 2.04 bits per heavy atom. The van der Waals surface area contributed by atoms with E-state index in [1.165, 1.54) is 11.1 Å². The SMILES string of the molecule is CN=C(NCc1cccc(CN2CCOCC2)c1)NCC1CCCO1. The molecule has 1 unspecified atom stereocenters. The van der Waals surface area contributed by atoms with Gasteiger partial charge >= 0.3 is 0 Å². The fourth-order valence-corrected chi connectivity index (χ4v) is 3.28. The third-order valence-corrected chi connectivity index (χ3v) is 4.71.